The van der Waals surface area contributed by atoms with Gasteiger partial charge < -0.3 is 15.0 Å². The molecule has 0 bridgehead atoms. The second-order valence-electron chi connectivity index (χ2n) is 8.12. The van der Waals surface area contributed by atoms with E-state index in [4.69, 9.17) is 16.3 Å². The fraction of sp³-hybridized carbons (Fsp3) is 0.417. The third-order valence-corrected chi connectivity index (χ3v) is 6.81. The summed E-state index contributed by atoms with van der Waals surface area (Å²) in [7, 11) is -2.27. The van der Waals surface area contributed by atoms with Crippen molar-refractivity contribution in [2.75, 3.05) is 24.2 Å². The van der Waals surface area contributed by atoms with E-state index in [2.05, 4.69) is 5.32 Å². The molecule has 0 aliphatic carbocycles. The number of nitrogens with one attached hydrogen (secondary N) is 1. The molecule has 0 unspecified atom stereocenters. The van der Waals surface area contributed by atoms with Crippen LogP contribution in [0, 0.1) is 0 Å². The number of sulfonamides is 1. The molecule has 0 saturated heterocycles. The lowest BCUT2D eigenvalue weighted by Crippen LogP contribution is -2.52. The van der Waals surface area contributed by atoms with Gasteiger partial charge in [0.1, 0.15) is 18.3 Å². The molecule has 1 N–H and O–H groups in total. The van der Waals surface area contributed by atoms with E-state index in [1.54, 1.807) is 50.4 Å². The van der Waals surface area contributed by atoms with Gasteiger partial charge in [-0.2, -0.15) is 0 Å². The lowest BCUT2D eigenvalue weighted by atomic mass is 10.1. The maximum Gasteiger partial charge on any atom is 0.244 e. The molecule has 10 heteroatoms. The number of rotatable bonds is 11. The van der Waals surface area contributed by atoms with Gasteiger partial charge in [-0.15, -0.1) is 0 Å². The number of carbonyl (C=O) groups is 2. The molecule has 2 rings (SSSR count). The maximum atomic E-state index is 13.5. The topological polar surface area (TPSA) is 96.0 Å². The molecule has 0 aliphatic heterocycles. The number of nitrogens with zero attached hydrogens (tertiary/aromatic N) is 2. The summed E-state index contributed by atoms with van der Waals surface area (Å²) < 4.78 is 31.3. The Labute approximate surface area is 206 Å². The Hall–Kier alpha value is -2.78. The van der Waals surface area contributed by atoms with Gasteiger partial charge in [0, 0.05) is 17.6 Å². The van der Waals surface area contributed by atoms with Gasteiger partial charge in [0.05, 0.1) is 19.1 Å². The quantitative estimate of drug-likeness (QED) is 0.500. The van der Waals surface area contributed by atoms with Crippen LogP contribution in [0.3, 0.4) is 0 Å². The Balaban J connectivity index is 2.40. The lowest BCUT2D eigenvalue weighted by molar-refractivity contribution is -0.139. The predicted molar refractivity (Wildman–Crippen MR) is 135 cm³/mol. The first-order valence-electron chi connectivity index (χ1n) is 10.9. The van der Waals surface area contributed by atoms with Crippen molar-refractivity contribution in [1.82, 2.24) is 10.2 Å². The molecule has 0 aromatic heterocycles. The van der Waals surface area contributed by atoms with Gasteiger partial charge in [-0.3, -0.25) is 13.9 Å². The summed E-state index contributed by atoms with van der Waals surface area (Å²) in [6, 6.07) is 12.5. The minimum Gasteiger partial charge on any atom is -0.497 e. The third kappa shape index (κ3) is 7.63. The Morgan fingerprint density at radius 3 is 2.38 bits per heavy atom. The molecule has 2 atom stereocenters. The Morgan fingerprint density at radius 2 is 1.79 bits per heavy atom. The average molecular weight is 510 g/mol. The second kappa shape index (κ2) is 12.1. The van der Waals surface area contributed by atoms with Gasteiger partial charge in [-0.1, -0.05) is 36.7 Å². The second-order valence-corrected chi connectivity index (χ2v) is 10.5. The van der Waals surface area contributed by atoms with Crippen molar-refractivity contribution in [3.05, 3.63) is 59.1 Å². The van der Waals surface area contributed by atoms with Gasteiger partial charge in [0.25, 0.3) is 0 Å². The van der Waals surface area contributed by atoms with E-state index in [-0.39, 0.29) is 24.2 Å². The number of amides is 2. The van der Waals surface area contributed by atoms with Crippen LogP contribution in [0.5, 0.6) is 5.75 Å². The van der Waals surface area contributed by atoms with Crippen LogP contribution in [0.25, 0.3) is 0 Å². The molecule has 0 saturated carbocycles. The highest BCUT2D eigenvalue weighted by atomic mass is 35.5. The van der Waals surface area contributed by atoms with Crippen molar-refractivity contribution in [3.63, 3.8) is 0 Å². The fourth-order valence-electron chi connectivity index (χ4n) is 3.26. The molecule has 34 heavy (non-hydrogen) atoms. The highest BCUT2D eigenvalue weighted by molar-refractivity contribution is 7.92. The molecule has 8 nitrogen and oxygen atoms in total. The van der Waals surface area contributed by atoms with Crippen LogP contribution in [0.2, 0.25) is 5.02 Å². The minimum absolute atomic E-state index is 0.0669. The average Bonchev–Trinajstić information content (AvgIpc) is 2.79. The van der Waals surface area contributed by atoms with Crippen molar-refractivity contribution in [1.29, 1.82) is 0 Å². The third-order valence-electron chi connectivity index (χ3n) is 5.43. The molecule has 0 aliphatic rings. The molecular weight excluding hydrogens is 478 g/mol. The van der Waals surface area contributed by atoms with E-state index in [1.165, 1.54) is 11.0 Å². The van der Waals surface area contributed by atoms with Crippen LogP contribution in [-0.2, 0) is 26.2 Å². The van der Waals surface area contributed by atoms with Crippen molar-refractivity contribution in [2.45, 2.75) is 45.8 Å². The molecule has 2 aromatic rings. The summed E-state index contributed by atoms with van der Waals surface area (Å²) in [4.78, 5) is 27.8. The number of carbonyl (C=O) groups excluding carboxylic acids is 2. The number of ether oxygens (including phenoxy) is 1. The lowest BCUT2D eigenvalue weighted by Gasteiger charge is -2.32. The summed E-state index contributed by atoms with van der Waals surface area (Å²) in [5.74, 6) is -0.238. The number of halogens is 1. The van der Waals surface area contributed by atoms with E-state index >= 15 is 0 Å². The standard InChI is InChI=1S/C24H32ClN3O5S/c1-6-17(2)26-24(30)18(3)27(15-19-9-7-12-22(13-19)33-4)23(29)16-28(34(5,31)32)21-11-8-10-20(25)14-21/h7-14,17-18H,6,15-16H2,1-5H3,(H,26,30)/t17-,18-/m0/s1. The molecule has 2 amide bonds. The largest absolute Gasteiger partial charge is 0.497 e. The molecular formula is C24H32ClN3O5S. The number of benzene rings is 2. The van der Waals surface area contributed by atoms with Crippen molar-refractivity contribution in [3.8, 4) is 5.75 Å². The van der Waals surface area contributed by atoms with E-state index < -0.39 is 28.5 Å². The highest BCUT2D eigenvalue weighted by Gasteiger charge is 2.30. The monoisotopic (exact) mass is 509 g/mol. The molecule has 2 aromatic carbocycles. The van der Waals surface area contributed by atoms with E-state index in [1.807, 2.05) is 19.9 Å². The van der Waals surface area contributed by atoms with E-state index in [0.717, 1.165) is 22.5 Å². The van der Waals surface area contributed by atoms with Crippen LogP contribution in [0.4, 0.5) is 5.69 Å². The summed E-state index contributed by atoms with van der Waals surface area (Å²) >= 11 is 6.05. The smallest absolute Gasteiger partial charge is 0.244 e. The minimum atomic E-state index is -3.81. The first-order valence-corrected chi connectivity index (χ1v) is 13.1. The molecule has 0 fully saturated rings. The molecule has 0 spiro atoms. The van der Waals surface area contributed by atoms with Crippen LogP contribution in [0.15, 0.2) is 48.5 Å². The van der Waals surface area contributed by atoms with Gasteiger partial charge in [-0.25, -0.2) is 8.42 Å². The fourth-order valence-corrected chi connectivity index (χ4v) is 4.29. The Kier molecular flexibility index (Phi) is 9.76. The van der Waals surface area contributed by atoms with Gasteiger partial charge in [0.2, 0.25) is 21.8 Å². The number of hydrogen-bond donors (Lipinski definition) is 1. The van der Waals surface area contributed by atoms with Crippen molar-refractivity contribution >= 4 is 39.1 Å². The number of anilines is 1. The number of methoxy groups -OCH3 is 1. The van der Waals surface area contributed by atoms with Crippen LogP contribution < -0.4 is 14.4 Å². The van der Waals surface area contributed by atoms with Gasteiger partial charge in [-0.05, 0) is 56.2 Å². The molecule has 0 radical (unpaired) electrons. The zero-order chi connectivity index (χ0) is 25.5. The summed E-state index contributed by atoms with van der Waals surface area (Å²) in [6.07, 6.45) is 1.76. The first-order chi connectivity index (χ1) is 16.0. The zero-order valence-corrected chi connectivity index (χ0v) is 21.7. The number of hydrogen-bond acceptors (Lipinski definition) is 5. The van der Waals surface area contributed by atoms with E-state index in [9.17, 15) is 18.0 Å². The summed E-state index contributed by atoms with van der Waals surface area (Å²) in [5.41, 5.74) is 1.01. The van der Waals surface area contributed by atoms with Crippen molar-refractivity contribution < 1.29 is 22.7 Å². The zero-order valence-electron chi connectivity index (χ0n) is 20.1. The van der Waals surface area contributed by atoms with Crippen molar-refractivity contribution in [2.24, 2.45) is 0 Å². The van der Waals surface area contributed by atoms with E-state index in [0.29, 0.717) is 10.8 Å². The Bertz CT molecular complexity index is 1110. The van der Waals surface area contributed by atoms with Gasteiger partial charge in [0.15, 0.2) is 0 Å². The normalized spacial score (nSPS) is 13.0. The van der Waals surface area contributed by atoms with Crippen LogP contribution in [0.1, 0.15) is 32.8 Å². The summed E-state index contributed by atoms with van der Waals surface area (Å²) in [6.45, 7) is 5.06. The summed E-state index contributed by atoms with van der Waals surface area (Å²) in [5, 5.41) is 3.23. The first kappa shape index (κ1) is 27.5. The maximum absolute atomic E-state index is 13.5. The Morgan fingerprint density at radius 1 is 1.12 bits per heavy atom. The van der Waals surface area contributed by atoms with Gasteiger partial charge >= 0.3 is 0 Å². The SMILES string of the molecule is CC[C@H](C)NC(=O)[C@H](C)N(Cc1cccc(OC)c1)C(=O)CN(c1cccc(Cl)c1)S(C)(=O)=O. The highest BCUT2D eigenvalue weighted by Crippen LogP contribution is 2.23. The molecule has 0 heterocycles. The molecule has 186 valence electrons. The van der Waals surface area contributed by atoms with Crippen LogP contribution in [-0.4, -0.2) is 57.1 Å². The van der Waals surface area contributed by atoms with Crippen LogP contribution >= 0.6 is 11.6 Å². The predicted octanol–water partition coefficient (Wildman–Crippen LogP) is 3.45.